The standard InChI is InChI=1S/2C54H30N2S2/c1-3-15-37-35(13-1)47-39-17-5-9-21-43(39)55(51(47)53-49(37)41-19-7-11-23-45(41)57-53)33-27-25-32-30-34(28-26-31(32)29-33)56-44-22-10-6-18-40(44)48-36-14-2-4-16-38(36)50-42-20-8-12-24-46(42)58-54(50)52(48)56;1-2-16-32-31(15-1)43(55-41-25-11-7-21-37(41)47-33-17-3-5-19-35(33)49-39-23-9-13-27-45(39)57-53(49)51(47)55)29-30-44(32)56-42-26-12-8-22-38(42)48-34-18-4-6-20-36(34)50-40-24-10-14-28-46(40)58-54(50)52(48)56/h2*1-30H. The van der Waals surface area contributed by atoms with Crippen LogP contribution in [0.3, 0.4) is 0 Å². The zero-order chi connectivity index (χ0) is 75.3. The fraction of sp³-hybridized carbons (Fsp3) is 0. The highest BCUT2D eigenvalue weighted by Gasteiger charge is 2.29. The lowest BCUT2D eigenvalue weighted by Gasteiger charge is -2.17. The number of rotatable bonds is 4. The van der Waals surface area contributed by atoms with Crippen LogP contribution < -0.4 is 0 Å². The van der Waals surface area contributed by atoms with E-state index in [2.05, 4.69) is 382 Å². The summed E-state index contributed by atoms with van der Waals surface area (Å²) in [5.74, 6) is 0. The molecule has 20 aromatic carbocycles. The first kappa shape index (κ1) is 63.5. The van der Waals surface area contributed by atoms with Crippen molar-refractivity contribution in [2.24, 2.45) is 0 Å². The van der Waals surface area contributed by atoms with Crippen LogP contribution in [0.5, 0.6) is 0 Å². The summed E-state index contributed by atoms with van der Waals surface area (Å²) in [6.45, 7) is 0. The molecule has 0 fully saturated rings. The third-order valence-electron chi connectivity index (χ3n) is 25.3. The van der Waals surface area contributed by atoms with Crippen LogP contribution >= 0.6 is 45.3 Å². The van der Waals surface area contributed by atoms with Crippen molar-refractivity contribution in [1.29, 1.82) is 0 Å². The molecule has 0 saturated carbocycles. The van der Waals surface area contributed by atoms with E-state index >= 15 is 0 Å². The van der Waals surface area contributed by atoms with Crippen LogP contribution in [0.1, 0.15) is 0 Å². The van der Waals surface area contributed by atoms with E-state index in [1.54, 1.807) is 0 Å². The van der Waals surface area contributed by atoms with Gasteiger partial charge < -0.3 is 18.3 Å². The Bertz CT molecular complexity index is 8730. The topological polar surface area (TPSA) is 19.7 Å². The minimum absolute atomic E-state index is 1.18. The molecule has 0 unspecified atom stereocenters. The highest BCUT2D eigenvalue weighted by molar-refractivity contribution is 7.28. The zero-order valence-corrected chi connectivity index (χ0v) is 65.3. The Labute approximate surface area is 677 Å². The van der Waals surface area contributed by atoms with E-state index in [0.717, 1.165) is 0 Å². The molecule has 0 saturated heterocycles. The van der Waals surface area contributed by atoms with E-state index in [1.807, 2.05) is 45.3 Å². The van der Waals surface area contributed by atoms with Gasteiger partial charge in [-0.05, 0) is 139 Å². The summed E-state index contributed by atoms with van der Waals surface area (Å²) in [5.41, 5.74) is 14.8. The Balaban J connectivity index is 0.000000124. The van der Waals surface area contributed by atoms with Gasteiger partial charge in [0.15, 0.2) is 0 Å². The van der Waals surface area contributed by atoms with Crippen LogP contribution in [0.15, 0.2) is 364 Å². The fourth-order valence-corrected chi connectivity index (χ4v) is 25.7. The van der Waals surface area contributed by atoms with Gasteiger partial charge in [-0.3, -0.25) is 0 Å². The lowest BCUT2D eigenvalue weighted by atomic mass is 9.99. The van der Waals surface area contributed by atoms with Crippen molar-refractivity contribution in [3.05, 3.63) is 364 Å². The average Bonchev–Trinajstić information content (AvgIpc) is 1.56. The molecule has 8 heteroatoms. The SMILES string of the molecule is c1ccc2c(c1)sc1c2c2ccccc2c2c3ccccc3n(-c3ccc(-n4c5ccccc5c5c6ccccc6c6c7ccccc7sc6c54)c4ccccc34)c12.c1ccc2c(c1)sc1c2c2ccccc2c2c3ccccc3n(-c3ccc4cc(-n5c6ccccc6c6c7ccccc7c7c8ccccc8sc7c65)ccc4c3)c12. The Hall–Kier alpha value is -14.0. The Morgan fingerprint density at radius 1 is 0.155 bits per heavy atom. The number of benzene rings is 20. The molecule has 28 aromatic rings. The monoisotopic (exact) mass is 1540 g/mol. The maximum Gasteiger partial charge on any atom is 0.0726 e. The molecule has 116 heavy (non-hydrogen) atoms. The van der Waals surface area contributed by atoms with Gasteiger partial charge in [-0.15, -0.1) is 45.3 Å². The molecule has 0 aliphatic carbocycles. The van der Waals surface area contributed by atoms with E-state index in [4.69, 9.17) is 0 Å². The molecule has 8 aromatic heterocycles. The first-order valence-corrected chi connectivity index (χ1v) is 43.0. The summed E-state index contributed by atoms with van der Waals surface area (Å²) in [4.78, 5) is 0. The van der Waals surface area contributed by atoms with E-state index in [1.165, 1.54) is 255 Å². The predicted molar refractivity (Wildman–Crippen MR) is 507 cm³/mol. The highest BCUT2D eigenvalue weighted by Crippen LogP contribution is 2.55. The summed E-state index contributed by atoms with van der Waals surface area (Å²) < 4.78 is 20.8. The van der Waals surface area contributed by atoms with Gasteiger partial charge in [0.25, 0.3) is 0 Å². The number of nitrogens with zero attached hydrogens (tertiary/aromatic N) is 4. The van der Waals surface area contributed by atoms with Gasteiger partial charge in [0.05, 0.1) is 74.3 Å². The third kappa shape index (κ3) is 8.49. The van der Waals surface area contributed by atoms with Gasteiger partial charge in [-0.25, -0.2) is 0 Å². The molecule has 0 atom stereocenters. The van der Waals surface area contributed by atoms with Crippen LogP contribution in [-0.4, -0.2) is 18.3 Å². The molecule has 8 heterocycles. The van der Waals surface area contributed by atoms with Crippen molar-refractivity contribution in [1.82, 2.24) is 18.3 Å². The van der Waals surface area contributed by atoms with E-state index < -0.39 is 0 Å². The average molecular weight is 1540 g/mol. The number of hydrogen-bond acceptors (Lipinski definition) is 4. The van der Waals surface area contributed by atoms with Gasteiger partial charge in [0.2, 0.25) is 0 Å². The van der Waals surface area contributed by atoms with Crippen LogP contribution in [0.25, 0.3) is 255 Å². The third-order valence-corrected chi connectivity index (χ3v) is 30.0. The normalized spacial score (nSPS) is 12.5. The van der Waals surface area contributed by atoms with Crippen molar-refractivity contribution in [2.45, 2.75) is 0 Å². The van der Waals surface area contributed by atoms with Crippen molar-refractivity contribution in [2.75, 3.05) is 0 Å². The Morgan fingerprint density at radius 2 is 0.362 bits per heavy atom. The lowest BCUT2D eigenvalue weighted by Crippen LogP contribution is -2.00. The first-order chi connectivity index (χ1) is 57.6. The zero-order valence-electron chi connectivity index (χ0n) is 62.1. The highest BCUT2D eigenvalue weighted by atomic mass is 32.1. The lowest BCUT2D eigenvalue weighted by molar-refractivity contribution is 1.18. The van der Waals surface area contributed by atoms with Crippen molar-refractivity contribution >= 4 is 278 Å². The molecular formula is C108H60N4S4. The second kappa shape index (κ2) is 23.8. The summed E-state index contributed by atoms with van der Waals surface area (Å²) in [6.07, 6.45) is 0. The van der Waals surface area contributed by atoms with Crippen molar-refractivity contribution in [3.63, 3.8) is 0 Å². The second-order valence-electron chi connectivity index (χ2n) is 31.1. The van der Waals surface area contributed by atoms with Crippen LogP contribution in [0.4, 0.5) is 0 Å². The summed E-state index contributed by atoms with van der Waals surface area (Å²) in [7, 11) is 0. The van der Waals surface area contributed by atoms with E-state index in [-0.39, 0.29) is 0 Å². The van der Waals surface area contributed by atoms with Crippen molar-refractivity contribution in [3.8, 4) is 22.7 Å². The van der Waals surface area contributed by atoms with Crippen molar-refractivity contribution < 1.29 is 0 Å². The second-order valence-corrected chi connectivity index (χ2v) is 35.3. The van der Waals surface area contributed by atoms with Crippen LogP contribution in [-0.2, 0) is 0 Å². The summed E-state index contributed by atoms with van der Waals surface area (Å²) >= 11 is 7.67. The van der Waals surface area contributed by atoms with E-state index in [9.17, 15) is 0 Å². The molecular weight excluding hydrogens is 1480 g/mol. The molecule has 0 bridgehead atoms. The summed E-state index contributed by atoms with van der Waals surface area (Å²) in [6, 6.07) is 136. The molecule has 0 amide bonds. The molecule has 0 N–H and O–H groups in total. The number of para-hydroxylation sites is 4. The number of aromatic nitrogens is 4. The molecule has 28 rings (SSSR count). The van der Waals surface area contributed by atoms with Crippen LogP contribution in [0, 0.1) is 0 Å². The van der Waals surface area contributed by atoms with Gasteiger partial charge >= 0.3 is 0 Å². The first-order valence-electron chi connectivity index (χ1n) is 39.7. The Kier molecular flexibility index (Phi) is 13.0. The quantitative estimate of drug-likeness (QED) is 0.167. The van der Waals surface area contributed by atoms with Gasteiger partial charge in [-0.2, -0.15) is 0 Å². The Morgan fingerprint density at radius 3 is 0.638 bits per heavy atom. The maximum absolute atomic E-state index is 2.57. The van der Waals surface area contributed by atoms with Gasteiger partial charge in [-0.1, -0.05) is 279 Å². The molecule has 4 nitrogen and oxygen atoms in total. The molecule has 0 radical (unpaired) electrons. The summed E-state index contributed by atoms with van der Waals surface area (Å²) in [5, 5.41) is 36.5. The molecule has 0 aliphatic heterocycles. The minimum atomic E-state index is 1.18. The largest absolute Gasteiger partial charge is 0.308 e. The van der Waals surface area contributed by atoms with E-state index in [0.29, 0.717) is 0 Å². The molecule has 0 aliphatic rings. The predicted octanol–water partition coefficient (Wildman–Crippen LogP) is 32.2. The molecule has 536 valence electrons. The molecule has 0 spiro atoms. The maximum atomic E-state index is 2.57. The number of thiophene rings is 4. The van der Waals surface area contributed by atoms with Gasteiger partial charge in [0, 0.05) is 127 Å². The van der Waals surface area contributed by atoms with Gasteiger partial charge in [0.1, 0.15) is 0 Å². The van der Waals surface area contributed by atoms with Crippen LogP contribution in [0.2, 0.25) is 0 Å². The fourth-order valence-electron chi connectivity index (χ4n) is 20.7. The number of fused-ring (bicyclic) bond motifs is 42. The smallest absolute Gasteiger partial charge is 0.0726 e. The minimum Gasteiger partial charge on any atom is -0.308 e. The number of hydrogen-bond donors (Lipinski definition) is 0.